The normalized spacial score (nSPS) is 10.6. The molecule has 100 valence electrons. The van der Waals surface area contributed by atoms with Crippen LogP contribution in [0.2, 0.25) is 0 Å². The van der Waals surface area contributed by atoms with E-state index in [-0.39, 0.29) is 11.7 Å². The fourth-order valence-electron chi connectivity index (χ4n) is 1.54. The molecule has 0 unspecified atom stereocenters. The van der Waals surface area contributed by atoms with Gasteiger partial charge in [-0.2, -0.15) is 0 Å². The van der Waals surface area contributed by atoms with Gasteiger partial charge in [-0.3, -0.25) is 0 Å². The zero-order chi connectivity index (χ0) is 13.8. The maximum Gasteiger partial charge on any atom is 0.145 e. The molecule has 0 spiro atoms. The first-order valence-corrected chi connectivity index (χ1v) is 5.96. The number of aromatic nitrogens is 2. The SMILES string of the molecule is CC(C)c1nc(NN)cc(Nc2ccc(F)cc2)n1. The monoisotopic (exact) mass is 261 g/mol. The molecule has 5 nitrogen and oxygen atoms in total. The minimum Gasteiger partial charge on any atom is -0.340 e. The van der Waals surface area contributed by atoms with Crippen LogP contribution < -0.4 is 16.6 Å². The lowest BCUT2D eigenvalue weighted by molar-refractivity contribution is 0.628. The minimum absolute atomic E-state index is 0.182. The summed E-state index contributed by atoms with van der Waals surface area (Å²) in [5.74, 6) is 7.11. The fraction of sp³-hybridized carbons (Fsp3) is 0.231. The van der Waals surface area contributed by atoms with E-state index in [4.69, 9.17) is 5.84 Å². The van der Waals surface area contributed by atoms with Crippen molar-refractivity contribution in [2.24, 2.45) is 5.84 Å². The van der Waals surface area contributed by atoms with Gasteiger partial charge < -0.3 is 10.7 Å². The average Bonchev–Trinajstić information content (AvgIpc) is 2.41. The van der Waals surface area contributed by atoms with Gasteiger partial charge in [0, 0.05) is 17.7 Å². The van der Waals surface area contributed by atoms with Crippen LogP contribution in [0.25, 0.3) is 0 Å². The predicted molar refractivity (Wildman–Crippen MR) is 73.6 cm³/mol. The van der Waals surface area contributed by atoms with E-state index in [0.717, 1.165) is 5.69 Å². The number of anilines is 3. The highest BCUT2D eigenvalue weighted by atomic mass is 19.1. The Morgan fingerprint density at radius 2 is 1.74 bits per heavy atom. The number of benzene rings is 1. The Morgan fingerprint density at radius 1 is 1.11 bits per heavy atom. The van der Waals surface area contributed by atoms with Crippen molar-refractivity contribution in [1.29, 1.82) is 0 Å². The molecule has 0 saturated heterocycles. The van der Waals surface area contributed by atoms with Gasteiger partial charge in [-0.25, -0.2) is 20.2 Å². The summed E-state index contributed by atoms with van der Waals surface area (Å²) in [5, 5.41) is 3.09. The first kappa shape index (κ1) is 13.2. The van der Waals surface area contributed by atoms with Crippen molar-refractivity contribution in [2.45, 2.75) is 19.8 Å². The van der Waals surface area contributed by atoms with Crippen molar-refractivity contribution >= 4 is 17.3 Å². The molecule has 0 bridgehead atoms. The molecule has 0 aliphatic carbocycles. The van der Waals surface area contributed by atoms with Crippen molar-refractivity contribution in [3.05, 3.63) is 42.0 Å². The molecule has 4 N–H and O–H groups in total. The Labute approximate surface area is 111 Å². The number of nitrogens with one attached hydrogen (secondary N) is 2. The molecular weight excluding hydrogens is 245 g/mol. The molecule has 0 aliphatic rings. The molecule has 0 atom stereocenters. The van der Waals surface area contributed by atoms with Gasteiger partial charge in [0.05, 0.1) is 0 Å². The van der Waals surface area contributed by atoms with E-state index >= 15 is 0 Å². The Balaban J connectivity index is 2.28. The van der Waals surface area contributed by atoms with Crippen LogP contribution in [0.4, 0.5) is 21.7 Å². The first-order chi connectivity index (χ1) is 9.08. The second kappa shape index (κ2) is 5.62. The standard InChI is InChI=1S/C13H16FN5/c1-8(2)13-17-11(7-12(18-13)19-15)16-10-5-3-9(14)4-6-10/h3-8H,15H2,1-2H3,(H2,16,17,18,19). The van der Waals surface area contributed by atoms with Crippen LogP contribution in [0.5, 0.6) is 0 Å². The second-order valence-electron chi connectivity index (χ2n) is 4.43. The van der Waals surface area contributed by atoms with Gasteiger partial charge in [0.25, 0.3) is 0 Å². The van der Waals surface area contributed by atoms with Crippen molar-refractivity contribution in [2.75, 3.05) is 10.7 Å². The Bertz CT molecular complexity index is 553. The quantitative estimate of drug-likeness (QED) is 0.583. The number of nitrogens with zero attached hydrogens (tertiary/aromatic N) is 2. The highest BCUT2D eigenvalue weighted by molar-refractivity contribution is 5.59. The Morgan fingerprint density at radius 3 is 2.32 bits per heavy atom. The fourth-order valence-corrected chi connectivity index (χ4v) is 1.54. The topological polar surface area (TPSA) is 75.9 Å². The number of hydrogen-bond acceptors (Lipinski definition) is 5. The first-order valence-electron chi connectivity index (χ1n) is 5.96. The summed E-state index contributed by atoms with van der Waals surface area (Å²) in [6, 6.07) is 7.74. The van der Waals surface area contributed by atoms with Gasteiger partial charge in [0.1, 0.15) is 23.3 Å². The second-order valence-corrected chi connectivity index (χ2v) is 4.43. The number of nitrogen functional groups attached to an aromatic ring is 1. The molecular formula is C13H16FN5. The lowest BCUT2D eigenvalue weighted by Gasteiger charge is -2.11. The molecule has 2 aromatic rings. The van der Waals surface area contributed by atoms with E-state index in [2.05, 4.69) is 20.7 Å². The van der Waals surface area contributed by atoms with Crippen LogP contribution in [0.3, 0.4) is 0 Å². The van der Waals surface area contributed by atoms with Crippen molar-refractivity contribution in [3.8, 4) is 0 Å². The summed E-state index contributed by atoms with van der Waals surface area (Å²) in [6.45, 7) is 3.99. The Kier molecular flexibility index (Phi) is 3.91. The number of rotatable bonds is 4. The molecule has 0 saturated carbocycles. The van der Waals surface area contributed by atoms with Gasteiger partial charge >= 0.3 is 0 Å². The third-order valence-corrected chi connectivity index (χ3v) is 2.52. The summed E-state index contributed by atoms with van der Waals surface area (Å²) in [6.07, 6.45) is 0. The summed E-state index contributed by atoms with van der Waals surface area (Å²) >= 11 is 0. The van der Waals surface area contributed by atoms with Gasteiger partial charge in [-0.1, -0.05) is 13.8 Å². The molecule has 2 rings (SSSR count). The Hall–Kier alpha value is -2.21. The zero-order valence-corrected chi connectivity index (χ0v) is 10.8. The number of hydrazine groups is 1. The number of nitrogens with two attached hydrogens (primary N) is 1. The molecule has 1 aromatic carbocycles. The number of halogens is 1. The zero-order valence-electron chi connectivity index (χ0n) is 10.8. The minimum atomic E-state index is -0.277. The molecule has 0 fully saturated rings. The van der Waals surface area contributed by atoms with E-state index in [0.29, 0.717) is 17.5 Å². The maximum atomic E-state index is 12.8. The third-order valence-electron chi connectivity index (χ3n) is 2.52. The van der Waals surface area contributed by atoms with Gasteiger partial charge in [-0.05, 0) is 24.3 Å². The van der Waals surface area contributed by atoms with E-state index in [1.54, 1.807) is 18.2 Å². The summed E-state index contributed by atoms with van der Waals surface area (Å²) < 4.78 is 12.8. The molecule has 1 aromatic heterocycles. The van der Waals surface area contributed by atoms with Crippen molar-refractivity contribution < 1.29 is 4.39 Å². The van der Waals surface area contributed by atoms with Gasteiger partial charge in [0.15, 0.2) is 0 Å². The highest BCUT2D eigenvalue weighted by Gasteiger charge is 2.07. The van der Waals surface area contributed by atoms with Gasteiger partial charge in [0.2, 0.25) is 0 Å². The smallest absolute Gasteiger partial charge is 0.145 e. The van der Waals surface area contributed by atoms with Crippen LogP contribution >= 0.6 is 0 Å². The highest BCUT2D eigenvalue weighted by Crippen LogP contribution is 2.20. The lowest BCUT2D eigenvalue weighted by atomic mass is 10.2. The van der Waals surface area contributed by atoms with E-state index in [1.165, 1.54) is 12.1 Å². The third kappa shape index (κ3) is 3.38. The summed E-state index contributed by atoms with van der Waals surface area (Å²) in [4.78, 5) is 8.65. The van der Waals surface area contributed by atoms with Crippen molar-refractivity contribution in [1.82, 2.24) is 9.97 Å². The molecule has 0 radical (unpaired) electrons. The van der Waals surface area contributed by atoms with Crippen LogP contribution in [0.1, 0.15) is 25.6 Å². The van der Waals surface area contributed by atoms with Gasteiger partial charge in [-0.15, -0.1) is 0 Å². The molecule has 19 heavy (non-hydrogen) atoms. The largest absolute Gasteiger partial charge is 0.340 e. The van der Waals surface area contributed by atoms with Crippen molar-refractivity contribution in [3.63, 3.8) is 0 Å². The molecule has 1 heterocycles. The molecule has 0 aliphatic heterocycles. The van der Waals surface area contributed by atoms with Crippen LogP contribution in [0.15, 0.2) is 30.3 Å². The van der Waals surface area contributed by atoms with E-state index in [9.17, 15) is 4.39 Å². The van der Waals surface area contributed by atoms with Crippen LogP contribution in [0, 0.1) is 5.82 Å². The average molecular weight is 261 g/mol. The van der Waals surface area contributed by atoms with Crippen LogP contribution in [-0.2, 0) is 0 Å². The molecule has 0 amide bonds. The predicted octanol–water partition coefficient (Wildman–Crippen LogP) is 2.77. The maximum absolute atomic E-state index is 12.8. The summed E-state index contributed by atoms with van der Waals surface area (Å²) in [5.41, 5.74) is 3.25. The van der Waals surface area contributed by atoms with Crippen LogP contribution in [-0.4, -0.2) is 9.97 Å². The van der Waals surface area contributed by atoms with E-state index < -0.39 is 0 Å². The lowest BCUT2D eigenvalue weighted by Crippen LogP contribution is -2.12. The molecule has 6 heteroatoms. The number of hydrogen-bond donors (Lipinski definition) is 3. The summed E-state index contributed by atoms with van der Waals surface area (Å²) in [7, 11) is 0. The van der Waals surface area contributed by atoms with E-state index in [1.807, 2.05) is 13.8 Å².